The topological polar surface area (TPSA) is 77.3 Å². The third-order valence-corrected chi connectivity index (χ3v) is 10.3. The van der Waals surface area contributed by atoms with E-state index in [1.54, 1.807) is 0 Å². The van der Waals surface area contributed by atoms with E-state index < -0.39 is 0 Å². The fourth-order valence-corrected chi connectivity index (χ4v) is 7.32. The molecule has 2 heterocycles. The molecule has 0 aliphatic rings. The van der Waals surface area contributed by atoms with Crippen molar-refractivity contribution in [3.63, 3.8) is 0 Å². The Hall–Kier alpha value is -8.22. The molecule has 8 aromatic carbocycles. The van der Waals surface area contributed by atoms with Gasteiger partial charge >= 0.3 is 0 Å². The summed E-state index contributed by atoms with van der Waals surface area (Å²) < 4.78 is 0. The van der Waals surface area contributed by atoms with Crippen molar-refractivity contribution in [3.8, 4) is 102 Å². The first kappa shape index (κ1) is 36.1. The van der Waals surface area contributed by atoms with E-state index in [1.807, 2.05) is 133 Å². The molecule has 0 spiro atoms. The zero-order valence-corrected chi connectivity index (χ0v) is 32.5. The Morgan fingerprint density at radius 2 is 0.317 bits per heavy atom. The van der Waals surface area contributed by atoms with Gasteiger partial charge in [-0.2, -0.15) is 0 Å². The predicted molar refractivity (Wildman–Crippen MR) is 242 cm³/mol. The van der Waals surface area contributed by atoms with Crippen molar-refractivity contribution in [2.45, 2.75) is 0 Å². The lowest BCUT2D eigenvalue weighted by molar-refractivity contribution is 1.07. The minimum atomic E-state index is 0.536. The molecule has 0 N–H and O–H groups in total. The monoisotopic (exact) mass is 768 g/mol. The van der Waals surface area contributed by atoms with E-state index in [1.165, 1.54) is 0 Å². The van der Waals surface area contributed by atoms with Crippen molar-refractivity contribution in [2.75, 3.05) is 0 Å². The van der Waals surface area contributed by atoms with Crippen LogP contribution in [0.2, 0.25) is 0 Å². The highest BCUT2D eigenvalue weighted by molar-refractivity contribution is 5.85. The fourth-order valence-electron chi connectivity index (χ4n) is 7.32. The molecule has 0 unspecified atom stereocenters. The number of nitrogens with zero attached hydrogens (tertiary/aromatic N) is 6. The highest BCUT2D eigenvalue weighted by Gasteiger charge is 2.19. The van der Waals surface area contributed by atoms with E-state index in [9.17, 15) is 0 Å². The molecular formula is C54H36N6. The Balaban J connectivity index is 1.24. The number of hydrogen-bond donors (Lipinski definition) is 0. The summed E-state index contributed by atoms with van der Waals surface area (Å²) in [4.78, 5) is 30.6. The number of aromatic nitrogens is 6. The van der Waals surface area contributed by atoms with Gasteiger partial charge in [-0.15, -0.1) is 0 Å². The molecule has 60 heavy (non-hydrogen) atoms. The van der Waals surface area contributed by atoms with Crippen LogP contribution in [-0.2, 0) is 0 Å². The Kier molecular flexibility index (Phi) is 9.84. The Labute approximate surface area is 348 Å². The van der Waals surface area contributed by atoms with Gasteiger partial charge in [0.2, 0.25) is 0 Å². The van der Waals surface area contributed by atoms with Crippen LogP contribution in [-0.4, -0.2) is 29.9 Å². The lowest BCUT2D eigenvalue weighted by atomic mass is 9.92. The summed E-state index contributed by atoms with van der Waals surface area (Å²) in [6, 6.07) is 74.4. The molecule has 0 aliphatic heterocycles. The molecule has 0 radical (unpaired) electrons. The first-order chi connectivity index (χ1) is 29.7. The Morgan fingerprint density at radius 3 is 0.567 bits per heavy atom. The standard InChI is InChI=1S/C54H36N6/c1-7-19-37(20-8-1)43-31-44(38-21-9-2-10-22-38)33-45(32-43)46-34-47(53-57-49(39-23-11-3-12-24-39)55-50(58-53)40-25-13-4-14-26-40)36-48(35-46)54-59-51(41-27-15-5-16-28-41)56-52(60-54)42-29-17-6-18-30-42/h1-36H. The van der Waals surface area contributed by atoms with E-state index >= 15 is 0 Å². The lowest BCUT2D eigenvalue weighted by Crippen LogP contribution is -2.02. The van der Waals surface area contributed by atoms with Crippen molar-refractivity contribution >= 4 is 0 Å². The molecule has 0 fully saturated rings. The van der Waals surface area contributed by atoms with Crippen LogP contribution >= 0.6 is 0 Å². The fraction of sp³-hybridized carbons (Fsp3) is 0. The largest absolute Gasteiger partial charge is 0.208 e. The van der Waals surface area contributed by atoms with Gasteiger partial charge in [0, 0.05) is 33.4 Å². The van der Waals surface area contributed by atoms with E-state index in [-0.39, 0.29) is 0 Å². The molecule has 0 atom stereocenters. The van der Waals surface area contributed by atoms with Crippen LogP contribution in [0.4, 0.5) is 0 Å². The second-order valence-corrected chi connectivity index (χ2v) is 14.4. The summed E-state index contributed by atoms with van der Waals surface area (Å²) in [6.07, 6.45) is 0. The lowest BCUT2D eigenvalue weighted by Gasteiger charge is -2.15. The van der Waals surface area contributed by atoms with Crippen molar-refractivity contribution in [3.05, 3.63) is 218 Å². The smallest absolute Gasteiger partial charge is 0.164 e. The van der Waals surface area contributed by atoms with Gasteiger partial charge in [-0.25, -0.2) is 29.9 Å². The van der Waals surface area contributed by atoms with E-state index in [0.717, 1.165) is 66.8 Å². The van der Waals surface area contributed by atoms with Gasteiger partial charge in [0.15, 0.2) is 34.9 Å². The minimum Gasteiger partial charge on any atom is -0.208 e. The van der Waals surface area contributed by atoms with Gasteiger partial charge in [-0.3, -0.25) is 0 Å². The summed E-state index contributed by atoms with van der Waals surface area (Å²) in [7, 11) is 0. The van der Waals surface area contributed by atoms with E-state index in [2.05, 4.69) is 84.9 Å². The molecule has 10 aromatic rings. The molecule has 2 aromatic heterocycles. The van der Waals surface area contributed by atoms with Crippen molar-refractivity contribution in [2.24, 2.45) is 0 Å². The third-order valence-electron chi connectivity index (χ3n) is 10.3. The predicted octanol–water partition coefficient (Wildman–Crippen LogP) is 13.1. The zero-order chi connectivity index (χ0) is 40.1. The maximum atomic E-state index is 5.15. The van der Waals surface area contributed by atoms with Crippen LogP contribution < -0.4 is 0 Å². The number of hydrogen-bond acceptors (Lipinski definition) is 6. The number of benzene rings is 8. The van der Waals surface area contributed by atoms with Gasteiger partial charge in [0.05, 0.1) is 0 Å². The van der Waals surface area contributed by atoms with Crippen molar-refractivity contribution in [1.82, 2.24) is 29.9 Å². The maximum Gasteiger partial charge on any atom is 0.164 e. The van der Waals surface area contributed by atoms with Gasteiger partial charge in [-0.1, -0.05) is 182 Å². The van der Waals surface area contributed by atoms with E-state index in [4.69, 9.17) is 29.9 Å². The summed E-state index contributed by atoms with van der Waals surface area (Å²) in [5.41, 5.74) is 11.6. The molecule has 0 amide bonds. The van der Waals surface area contributed by atoms with Crippen LogP contribution in [0.3, 0.4) is 0 Å². The molecule has 0 aliphatic carbocycles. The molecule has 6 heteroatoms. The summed E-state index contributed by atoms with van der Waals surface area (Å²) in [5.74, 6) is 3.41. The molecule has 0 bridgehead atoms. The second-order valence-electron chi connectivity index (χ2n) is 14.4. The highest BCUT2D eigenvalue weighted by atomic mass is 15.0. The van der Waals surface area contributed by atoms with Crippen LogP contribution in [0.5, 0.6) is 0 Å². The minimum absolute atomic E-state index is 0.536. The van der Waals surface area contributed by atoms with Crippen LogP contribution in [0.25, 0.3) is 102 Å². The summed E-state index contributed by atoms with van der Waals surface area (Å²) in [5, 5.41) is 0. The maximum absolute atomic E-state index is 5.15. The van der Waals surface area contributed by atoms with Gasteiger partial charge in [-0.05, 0) is 69.8 Å². The number of rotatable bonds is 9. The quantitative estimate of drug-likeness (QED) is 0.145. The molecule has 282 valence electrons. The first-order valence-electron chi connectivity index (χ1n) is 19.9. The molecular weight excluding hydrogens is 733 g/mol. The zero-order valence-electron chi connectivity index (χ0n) is 32.5. The average Bonchev–Trinajstić information content (AvgIpc) is 3.35. The van der Waals surface area contributed by atoms with Crippen LogP contribution in [0.15, 0.2) is 218 Å². The Morgan fingerprint density at radius 1 is 0.150 bits per heavy atom. The van der Waals surface area contributed by atoms with Crippen LogP contribution in [0.1, 0.15) is 0 Å². The third kappa shape index (κ3) is 7.73. The second kappa shape index (κ2) is 16.3. The van der Waals surface area contributed by atoms with Crippen molar-refractivity contribution < 1.29 is 0 Å². The van der Waals surface area contributed by atoms with Gasteiger partial charge in [0.25, 0.3) is 0 Å². The normalized spacial score (nSPS) is 11.0. The summed E-state index contributed by atoms with van der Waals surface area (Å²) >= 11 is 0. The first-order valence-corrected chi connectivity index (χ1v) is 19.9. The van der Waals surface area contributed by atoms with Gasteiger partial charge < -0.3 is 0 Å². The van der Waals surface area contributed by atoms with Crippen molar-refractivity contribution in [1.29, 1.82) is 0 Å². The highest BCUT2D eigenvalue weighted by Crippen LogP contribution is 2.37. The summed E-state index contributed by atoms with van der Waals surface area (Å²) in [6.45, 7) is 0. The Bertz CT molecular complexity index is 2530. The SMILES string of the molecule is c1ccc(-c2cc(-c3ccccc3)cc(-c3cc(-c4nc(-c5ccccc5)nc(-c5ccccc5)n4)cc(-c4nc(-c5ccccc5)nc(-c5ccccc5)n4)c3)c2)cc1. The van der Waals surface area contributed by atoms with E-state index in [0.29, 0.717) is 34.9 Å². The molecule has 6 nitrogen and oxygen atoms in total. The van der Waals surface area contributed by atoms with Gasteiger partial charge in [0.1, 0.15) is 0 Å². The average molecular weight is 769 g/mol. The molecule has 0 saturated carbocycles. The van der Waals surface area contributed by atoms with Crippen LogP contribution in [0, 0.1) is 0 Å². The molecule has 0 saturated heterocycles. The molecule has 10 rings (SSSR count).